The lowest BCUT2D eigenvalue weighted by Crippen LogP contribution is -2.44. The molecule has 2 saturated heterocycles. The number of rotatable bonds is 10. The van der Waals surface area contributed by atoms with Crippen LogP contribution in [0, 0.1) is 0 Å². The molecule has 0 bridgehead atoms. The van der Waals surface area contributed by atoms with Gasteiger partial charge in [-0.1, -0.05) is 18.7 Å². The van der Waals surface area contributed by atoms with Crippen molar-refractivity contribution in [3.63, 3.8) is 0 Å². The Bertz CT molecular complexity index is 1510. The van der Waals surface area contributed by atoms with Crippen LogP contribution in [0.1, 0.15) is 42.2 Å². The molecule has 3 aromatic rings. The number of carbonyl (C=O) groups is 2. The quantitative estimate of drug-likeness (QED) is 0.251. The van der Waals surface area contributed by atoms with E-state index in [1.54, 1.807) is 24.3 Å². The number of likely N-dealkylation sites (N-methyl/N-ethyl adjacent to an activating group) is 1. The second-order valence-electron chi connectivity index (χ2n) is 11.0. The van der Waals surface area contributed by atoms with E-state index in [1.807, 2.05) is 44.2 Å². The SMILES string of the molecule is C=CC(=O)Nc1cc(Nc2cc(N3OCC[C@@H]3c3cccc(C(=O)OC(C)C)c3)ncn2)c(OC)cc1N1CCN(C)CC1. The Labute approximate surface area is 257 Å². The number of aromatic nitrogens is 2. The Balaban J connectivity index is 1.41. The van der Waals surface area contributed by atoms with Gasteiger partial charge in [-0.3, -0.25) is 9.63 Å². The summed E-state index contributed by atoms with van der Waals surface area (Å²) in [5.74, 6) is 0.978. The van der Waals surface area contributed by atoms with Gasteiger partial charge in [0.1, 0.15) is 17.9 Å². The summed E-state index contributed by atoms with van der Waals surface area (Å²) in [5, 5.41) is 8.02. The highest BCUT2D eigenvalue weighted by Crippen LogP contribution is 2.40. The van der Waals surface area contributed by atoms with Crippen LogP contribution in [0.15, 0.2) is 61.4 Å². The van der Waals surface area contributed by atoms with Crippen LogP contribution in [-0.2, 0) is 14.4 Å². The summed E-state index contributed by atoms with van der Waals surface area (Å²) in [5.41, 5.74) is 3.52. The minimum atomic E-state index is -0.364. The smallest absolute Gasteiger partial charge is 0.338 e. The van der Waals surface area contributed by atoms with Crippen molar-refractivity contribution in [2.24, 2.45) is 0 Å². The standard InChI is InChI=1S/C32H39N7O5/c1-6-31(40)36-24-17-25(28(42-5)18-27(24)38-13-11-37(4)12-14-38)35-29-19-30(34-20-33-29)39-26(10-15-43-39)22-8-7-9-23(16-22)32(41)44-21(2)3/h6-9,16-21,26H,1,10-15H2,2-5H3,(H,36,40)(H,33,34,35)/t26-/m1/s1. The first kappa shape index (κ1) is 30.8. The van der Waals surface area contributed by atoms with Gasteiger partial charge >= 0.3 is 5.97 Å². The minimum Gasteiger partial charge on any atom is -0.494 e. The van der Waals surface area contributed by atoms with Crippen LogP contribution in [0.25, 0.3) is 0 Å². The highest BCUT2D eigenvalue weighted by atomic mass is 16.7. The van der Waals surface area contributed by atoms with Gasteiger partial charge in [-0.05, 0) is 50.7 Å². The largest absolute Gasteiger partial charge is 0.494 e. The maximum Gasteiger partial charge on any atom is 0.338 e. The van der Waals surface area contributed by atoms with Crippen molar-refractivity contribution in [2.45, 2.75) is 32.4 Å². The van der Waals surface area contributed by atoms with E-state index in [-0.39, 0.29) is 24.0 Å². The van der Waals surface area contributed by atoms with Crippen LogP contribution in [0.3, 0.4) is 0 Å². The molecule has 0 aliphatic carbocycles. The molecule has 0 saturated carbocycles. The third kappa shape index (κ3) is 7.09. The van der Waals surface area contributed by atoms with Crippen molar-refractivity contribution in [3.8, 4) is 5.75 Å². The second-order valence-corrected chi connectivity index (χ2v) is 11.0. The van der Waals surface area contributed by atoms with Gasteiger partial charge in [-0.25, -0.2) is 19.8 Å². The van der Waals surface area contributed by atoms with E-state index in [1.165, 1.54) is 12.4 Å². The molecular weight excluding hydrogens is 562 g/mol. The molecule has 0 unspecified atom stereocenters. The molecular formula is C32H39N7O5. The summed E-state index contributed by atoms with van der Waals surface area (Å²) in [6.45, 7) is 11.2. The van der Waals surface area contributed by atoms with Gasteiger partial charge in [0.05, 0.1) is 48.5 Å². The number of nitrogens with zero attached hydrogens (tertiary/aromatic N) is 5. The number of amides is 1. The number of carbonyl (C=O) groups excluding carboxylic acids is 2. The van der Waals surface area contributed by atoms with Crippen LogP contribution in [-0.4, -0.2) is 79.8 Å². The summed E-state index contributed by atoms with van der Waals surface area (Å²) in [6, 6.07) is 12.8. The normalized spacial score (nSPS) is 17.0. The van der Waals surface area contributed by atoms with Crippen molar-refractivity contribution in [1.29, 1.82) is 0 Å². The molecule has 2 aliphatic rings. The van der Waals surface area contributed by atoms with Crippen LogP contribution in [0.5, 0.6) is 5.75 Å². The molecule has 2 N–H and O–H groups in total. The van der Waals surface area contributed by atoms with Crippen molar-refractivity contribution in [3.05, 3.63) is 72.6 Å². The number of piperazine rings is 1. The Morgan fingerprint density at radius 2 is 1.89 bits per heavy atom. The molecule has 3 heterocycles. The van der Waals surface area contributed by atoms with E-state index in [2.05, 4.69) is 44.0 Å². The number of ether oxygens (including phenoxy) is 2. The van der Waals surface area contributed by atoms with E-state index >= 15 is 0 Å². The second kappa shape index (κ2) is 13.7. The van der Waals surface area contributed by atoms with Crippen molar-refractivity contribution >= 4 is 40.6 Å². The summed E-state index contributed by atoms with van der Waals surface area (Å²) in [4.78, 5) is 44.3. The molecule has 0 spiro atoms. The molecule has 12 heteroatoms. The van der Waals surface area contributed by atoms with Gasteiger partial charge < -0.3 is 29.9 Å². The van der Waals surface area contributed by atoms with E-state index in [4.69, 9.17) is 14.3 Å². The first-order valence-corrected chi connectivity index (χ1v) is 14.7. The Morgan fingerprint density at radius 1 is 1.09 bits per heavy atom. The number of hydrogen-bond acceptors (Lipinski definition) is 11. The fraction of sp³-hybridized carbons (Fsp3) is 0.375. The molecule has 1 amide bonds. The van der Waals surface area contributed by atoms with E-state index in [9.17, 15) is 9.59 Å². The predicted molar refractivity (Wildman–Crippen MR) is 170 cm³/mol. The Morgan fingerprint density at radius 3 is 2.61 bits per heavy atom. The van der Waals surface area contributed by atoms with Crippen LogP contribution in [0.2, 0.25) is 0 Å². The number of benzene rings is 2. The molecule has 2 aliphatic heterocycles. The van der Waals surface area contributed by atoms with Gasteiger partial charge in [0.2, 0.25) is 5.91 Å². The third-order valence-electron chi connectivity index (χ3n) is 7.50. The van der Waals surface area contributed by atoms with Crippen molar-refractivity contribution < 1.29 is 23.9 Å². The zero-order valence-electron chi connectivity index (χ0n) is 25.6. The van der Waals surface area contributed by atoms with Gasteiger partial charge in [-0.15, -0.1) is 0 Å². The fourth-order valence-corrected chi connectivity index (χ4v) is 5.26. The Kier molecular flexibility index (Phi) is 9.61. The van der Waals surface area contributed by atoms with E-state index < -0.39 is 0 Å². The number of hydroxylamine groups is 1. The van der Waals surface area contributed by atoms with Crippen LogP contribution < -0.4 is 25.3 Å². The average molecular weight is 602 g/mol. The van der Waals surface area contributed by atoms with E-state index in [0.29, 0.717) is 47.4 Å². The lowest BCUT2D eigenvalue weighted by Gasteiger charge is -2.35. The highest BCUT2D eigenvalue weighted by Gasteiger charge is 2.30. The maximum atomic E-state index is 12.5. The molecule has 232 valence electrons. The summed E-state index contributed by atoms with van der Waals surface area (Å²) >= 11 is 0. The topological polar surface area (TPSA) is 121 Å². The lowest BCUT2D eigenvalue weighted by atomic mass is 10.0. The molecule has 12 nitrogen and oxygen atoms in total. The number of methoxy groups -OCH3 is 1. The monoisotopic (exact) mass is 601 g/mol. The maximum absolute atomic E-state index is 12.5. The zero-order chi connectivity index (χ0) is 31.2. The number of esters is 1. The average Bonchev–Trinajstić information content (AvgIpc) is 3.52. The summed E-state index contributed by atoms with van der Waals surface area (Å²) in [6.07, 6.45) is 3.21. The number of anilines is 5. The minimum absolute atomic E-state index is 0.164. The van der Waals surface area contributed by atoms with E-state index in [0.717, 1.165) is 37.4 Å². The van der Waals surface area contributed by atoms with Crippen LogP contribution >= 0.6 is 0 Å². The van der Waals surface area contributed by atoms with Gasteiger partial charge in [0.25, 0.3) is 0 Å². The summed E-state index contributed by atoms with van der Waals surface area (Å²) in [7, 11) is 3.70. The van der Waals surface area contributed by atoms with Crippen LogP contribution in [0.4, 0.5) is 28.7 Å². The number of nitrogens with one attached hydrogen (secondary N) is 2. The first-order chi connectivity index (χ1) is 21.2. The molecule has 2 fully saturated rings. The number of hydrogen-bond donors (Lipinski definition) is 2. The van der Waals surface area contributed by atoms with Gasteiger partial charge in [0, 0.05) is 44.7 Å². The zero-order valence-corrected chi connectivity index (χ0v) is 25.6. The molecule has 1 atom stereocenters. The fourth-order valence-electron chi connectivity index (χ4n) is 5.26. The molecule has 1 aromatic heterocycles. The van der Waals surface area contributed by atoms with Crippen molar-refractivity contribution in [1.82, 2.24) is 14.9 Å². The molecule has 0 radical (unpaired) electrons. The van der Waals surface area contributed by atoms with Gasteiger partial charge in [0.15, 0.2) is 5.82 Å². The lowest BCUT2D eigenvalue weighted by molar-refractivity contribution is -0.111. The summed E-state index contributed by atoms with van der Waals surface area (Å²) < 4.78 is 11.2. The van der Waals surface area contributed by atoms with Gasteiger partial charge in [-0.2, -0.15) is 0 Å². The molecule has 5 rings (SSSR count). The van der Waals surface area contributed by atoms with Crippen molar-refractivity contribution in [2.75, 3.05) is 67.5 Å². The Hall–Kier alpha value is -4.68. The molecule has 2 aromatic carbocycles. The predicted octanol–water partition coefficient (Wildman–Crippen LogP) is 4.55. The highest BCUT2D eigenvalue weighted by molar-refractivity contribution is 6.02. The molecule has 44 heavy (non-hydrogen) atoms. The third-order valence-corrected chi connectivity index (χ3v) is 7.50. The first-order valence-electron chi connectivity index (χ1n) is 14.7.